The van der Waals surface area contributed by atoms with Gasteiger partial charge in [0.1, 0.15) is 29.8 Å². The summed E-state index contributed by atoms with van der Waals surface area (Å²) < 4.78 is 41.3. The van der Waals surface area contributed by atoms with E-state index in [9.17, 15) is 32.4 Å². The van der Waals surface area contributed by atoms with Crippen LogP contribution in [0.2, 0.25) is 0 Å². The largest absolute Gasteiger partial charge is 0.471 e. The second-order valence-corrected chi connectivity index (χ2v) is 20.0. The van der Waals surface area contributed by atoms with Gasteiger partial charge in [-0.2, -0.15) is 0 Å². The molecule has 4 amide bonds. The first-order valence-electron chi connectivity index (χ1n) is 20.6. The van der Waals surface area contributed by atoms with Crippen molar-refractivity contribution in [3.05, 3.63) is 46.8 Å². The summed E-state index contributed by atoms with van der Waals surface area (Å²) in [5.74, 6) is -1.24. The van der Waals surface area contributed by atoms with Crippen LogP contribution in [0.4, 0.5) is 4.79 Å². The fourth-order valence-corrected chi connectivity index (χ4v) is 10.6. The van der Waals surface area contributed by atoms with Gasteiger partial charge in [0.05, 0.1) is 22.1 Å². The lowest BCUT2D eigenvalue weighted by molar-refractivity contribution is -0.142. The molecule has 0 bridgehead atoms. The Morgan fingerprint density at radius 2 is 1.72 bits per heavy atom. The van der Waals surface area contributed by atoms with Crippen molar-refractivity contribution in [3.63, 3.8) is 0 Å². The number of benzene rings is 1. The third-order valence-corrected chi connectivity index (χ3v) is 15.6. The number of sulfonamides is 1. The van der Waals surface area contributed by atoms with Crippen LogP contribution in [0.3, 0.4) is 0 Å². The number of nitrogens with one attached hydrogen (secondary N) is 3. The molecule has 16 heteroatoms. The first-order valence-corrected chi connectivity index (χ1v) is 22.1. The summed E-state index contributed by atoms with van der Waals surface area (Å²) >= 11 is 0. The second-order valence-electron chi connectivity index (χ2n) is 17.8. The minimum Gasteiger partial charge on any atom is -0.471 e. The lowest BCUT2D eigenvalue weighted by atomic mass is 9.88. The van der Waals surface area contributed by atoms with Gasteiger partial charge in [-0.15, -0.1) is 5.10 Å². The second kappa shape index (κ2) is 14.7. The molecule has 4 aliphatic carbocycles. The average Bonchev–Trinajstić information content (AvgIpc) is 4.13. The highest BCUT2D eigenvalue weighted by Gasteiger charge is 2.63. The third-order valence-electron chi connectivity index (χ3n) is 13.4. The molecule has 3 N–H and O–H groups in total. The van der Waals surface area contributed by atoms with Crippen LogP contribution in [0.5, 0.6) is 5.88 Å². The van der Waals surface area contributed by atoms with Crippen molar-refractivity contribution in [2.75, 3.05) is 6.54 Å². The fraction of sp³-hybridized carbons (Fsp3) is 0.659. The molecule has 2 aromatic rings. The van der Waals surface area contributed by atoms with Crippen LogP contribution in [0.1, 0.15) is 91.9 Å². The molecule has 0 spiro atoms. The molecule has 5 fully saturated rings. The molecule has 3 heterocycles. The van der Waals surface area contributed by atoms with Gasteiger partial charge in [-0.05, 0) is 107 Å². The van der Waals surface area contributed by atoms with Gasteiger partial charge >= 0.3 is 6.09 Å². The summed E-state index contributed by atoms with van der Waals surface area (Å²) in [5.41, 5.74) is -1.82. The minimum atomic E-state index is -4.01. The fourth-order valence-electron chi connectivity index (χ4n) is 9.33. The average molecular weight is 807 g/mol. The summed E-state index contributed by atoms with van der Waals surface area (Å²) in [4.78, 5) is 71.4. The van der Waals surface area contributed by atoms with Crippen molar-refractivity contribution in [2.45, 2.75) is 133 Å². The van der Waals surface area contributed by atoms with E-state index in [4.69, 9.17) is 9.47 Å². The van der Waals surface area contributed by atoms with Crippen molar-refractivity contribution in [3.8, 4) is 5.88 Å². The standard InChI is InChI=1S/C41H54N6O9S/c1-5-47-36(49)31-13-9-8-12-30(31)35(44-47)55-29-20-32-34(48)43-41(38(51)45-57(53,54)40(4)14-15-40)21-27(41)11-7-6-10-23(2)16-24(3)33(37(50)46(32)22-29)42-39(52)56-28-18-25-17-26(25)19-28/h7-9,11-13,23-29,32-33H,5-6,10,14-22H2,1-4H3,(H,42,52)(H,43,48)(H,45,51)/b11-7-/t23-,24-,25-,26+,27-,28?,29-,32+,33+,41-/m1/s1. The van der Waals surface area contributed by atoms with E-state index in [0.717, 1.165) is 25.7 Å². The molecule has 0 radical (unpaired) electrons. The van der Waals surface area contributed by atoms with Crippen LogP contribution in [-0.2, 0) is 35.7 Å². The van der Waals surface area contributed by atoms with E-state index in [-0.39, 0.29) is 55.3 Å². The van der Waals surface area contributed by atoms with Gasteiger partial charge in [-0.3, -0.25) is 23.9 Å². The zero-order valence-corrected chi connectivity index (χ0v) is 33.9. The molecule has 8 rings (SSSR count). The Kier molecular flexibility index (Phi) is 10.2. The monoisotopic (exact) mass is 806 g/mol. The van der Waals surface area contributed by atoms with E-state index in [1.807, 2.05) is 19.1 Å². The maximum atomic E-state index is 14.9. The third kappa shape index (κ3) is 7.65. The van der Waals surface area contributed by atoms with Crippen LogP contribution in [-0.4, -0.2) is 88.0 Å². The number of nitrogens with zero attached hydrogens (tertiary/aromatic N) is 3. The number of carbonyl (C=O) groups is 4. The number of ether oxygens (including phenoxy) is 2. The lowest BCUT2D eigenvalue weighted by Crippen LogP contribution is -2.59. The summed E-state index contributed by atoms with van der Waals surface area (Å²) in [6.45, 7) is 7.61. The van der Waals surface area contributed by atoms with Gasteiger partial charge in [-0.1, -0.05) is 38.1 Å². The highest BCUT2D eigenvalue weighted by atomic mass is 32.2. The summed E-state index contributed by atoms with van der Waals surface area (Å²) in [5, 5.41) is 11.2. The molecule has 2 aliphatic heterocycles. The molecule has 308 valence electrons. The molecule has 4 saturated carbocycles. The van der Waals surface area contributed by atoms with Crippen molar-refractivity contribution in [1.29, 1.82) is 0 Å². The van der Waals surface area contributed by atoms with Crippen molar-refractivity contribution >= 4 is 44.6 Å². The highest BCUT2D eigenvalue weighted by molar-refractivity contribution is 7.91. The number of hydrogen-bond donors (Lipinski definition) is 3. The van der Waals surface area contributed by atoms with Crippen molar-refractivity contribution < 1.29 is 37.1 Å². The first kappa shape index (κ1) is 39.4. The topological polar surface area (TPSA) is 195 Å². The SMILES string of the molecule is CCn1nc(O[C@@H]2C[C@H]3C(=O)N[C@]4(C(=O)NS(=O)(=O)C5(C)CC5)C[C@H]4/C=C\CC[C@@H](C)C[C@@H](C)[C@H](NC(=O)OC4C[C@@H]5C[C@@H]5C4)C(=O)N3C2)c2ccccc2c1=O. The molecular weight excluding hydrogens is 753 g/mol. The molecular formula is C41H54N6O9S. The molecule has 57 heavy (non-hydrogen) atoms. The Labute approximate surface area is 332 Å². The molecule has 1 aromatic heterocycles. The van der Waals surface area contributed by atoms with E-state index in [2.05, 4.69) is 27.4 Å². The molecule has 6 aliphatic rings. The molecule has 1 saturated heterocycles. The predicted molar refractivity (Wildman–Crippen MR) is 209 cm³/mol. The zero-order chi connectivity index (χ0) is 40.4. The Morgan fingerprint density at radius 3 is 2.42 bits per heavy atom. The van der Waals surface area contributed by atoms with Crippen molar-refractivity contribution in [2.24, 2.45) is 29.6 Å². The molecule has 1 unspecified atom stereocenters. The van der Waals surface area contributed by atoms with E-state index < -0.39 is 68.2 Å². The maximum Gasteiger partial charge on any atom is 0.408 e. The van der Waals surface area contributed by atoms with E-state index in [0.29, 0.717) is 48.3 Å². The molecule has 1 aromatic carbocycles. The predicted octanol–water partition coefficient (Wildman–Crippen LogP) is 3.54. The number of rotatable bonds is 8. The Bertz CT molecular complexity index is 2160. The molecule has 10 atom stereocenters. The lowest BCUT2D eigenvalue weighted by Gasteiger charge is -2.33. The van der Waals surface area contributed by atoms with E-state index >= 15 is 0 Å². The maximum absolute atomic E-state index is 14.9. The van der Waals surface area contributed by atoms with Crippen LogP contribution < -0.4 is 25.7 Å². The van der Waals surface area contributed by atoms with Crippen molar-refractivity contribution in [1.82, 2.24) is 30.0 Å². The smallest absolute Gasteiger partial charge is 0.408 e. The van der Waals surface area contributed by atoms with Gasteiger partial charge in [-0.25, -0.2) is 17.9 Å². The number of alkyl carbamates (subject to hydrolysis) is 1. The quantitative estimate of drug-likeness (QED) is 0.332. The number of aromatic nitrogens is 2. The van der Waals surface area contributed by atoms with Gasteiger partial charge in [0.25, 0.3) is 11.5 Å². The van der Waals surface area contributed by atoms with Crippen LogP contribution in [0.15, 0.2) is 41.2 Å². The van der Waals surface area contributed by atoms with Crippen LogP contribution >= 0.6 is 0 Å². The van der Waals surface area contributed by atoms with Gasteiger partial charge in [0.15, 0.2) is 0 Å². The summed E-state index contributed by atoms with van der Waals surface area (Å²) in [6, 6.07) is 4.74. The first-order chi connectivity index (χ1) is 27.1. The number of carbonyl (C=O) groups excluding carboxylic acids is 4. The number of fused-ring (bicyclic) bond motifs is 4. The Hall–Kier alpha value is -4.47. The molecule has 15 nitrogen and oxygen atoms in total. The number of amides is 4. The number of hydrogen-bond acceptors (Lipinski definition) is 10. The van der Waals surface area contributed by atoms with Gasteiger partial charge < -0.3 is 25.0 Å². The summed E-state index contributed by atoms with van der Waals surface area (Å²) in [6.07, 6.45) is 8.07. The van der Waals surface area contributed by atoms with Gasteiger partial charge in [0.2, 0.25) is 27.7 Å². The Morgan fingerprint density at radius 1 is 1.00 bits per heavy atom. The van der Waals surface area contributed by atoms with E-state index in [1.54, 1.807) is 38.1 Å². The number of allylic oxidation sites excluding steroid dienone is 1. The van der Waals surface area contributed by atoms with E-state index in [1.165, 1.54) is 9.58 Å². The Balaban J connectivity index is 1.12. The minimum absolute atomic E-state index is 0.000206. The number of aryl methyl sites for hydroxylation is 1. The van der Waals surface area contributed by atoms with Gasteiger partial charge in [0, 0.05) is 18.9 Å². The normalized spacial score (nSPS) is 35.0. The zero-order valence-electron chi connectivity index (χ0n) is 33.1. The highest BCUT2D eigenvalue weighted by Crippen LogP contribution is 2.52. The summed E-state index contributed by atoms with van der Waals surface area (Å²) in [7, 11) is -4.01. The van der Waals surface area contributed by atoms with Crippen LogP contribution in [0, 0.1) is 29.6 Å². The van der Waals surface area contributed by atoms with Crippen LogP contribution in [0.25, 0.3) is 10.8 Å².